The van der Waals surface area contributed by atoms with Crippen molar-refractivity contribution >= 4 is 17.8 Å². The van der Waals surface area contributed by atoms with E-state index in [9.17, 15) is 9.90 Å². The van der Waals surface area contributed by atoms with Gasteiger partial charge in [-0.3, -0.25) is 0 Å². The lowest BCUT2D eigenvalue weighted by Gasteiger charge is -2.34. The van der Waals surface area contributed by atoms with Crippen LogP contribution in [0.4, 0.5) is 4.79 Å². The number of nitrogens with one attached hydrogen (secondary N) is 1. The summed E-state index contributed by atoms with van der Waals surface area (Å²) in [6.45, 7) is 6.06. The van der Waals surface area contributed by atoms with Crippen LogP contribution in [0.2, 0.25) is 0 Å². The monoisotopic (exact) mass is 336 g/mol. The lowest BCUT2D eigenvalue weighted by molar-refractivity contribution is 0.0741. The number of carbonyl (C=O) groups excluding carboxylic acids is 1. The van der Waals surface area contributed by atoms with Crippen LogP contribution in [0.1, 0.15) is 30.9 Å². The zero-order valence-corrected chi connectivity index (χ0v) is 14.9. The van der Waals surface area contributed by atoms with E-state index in [0.717, 1.165) is 30.9 Å². The molecule has 0 aliphatic carbocycles. The van der Waals surface area contributed by atoms with Gasteiger partial charge in [0.2, 0.25) is 0 Å². The smallest absolute Gasteiger partial charge is 0.317 e. The SMILES string of the molecule is Cc1ccc(CSCCNC(=O)N2CCCC(C(C)O)C2)cc1. The van der Waals surface area contributed by atoms with Gasteiger partial charge in [-0.1, -0.05) is 29.8 Å². The number of likely N-dealkylation sites (tertiary alicyclic amines) is 1. The molecule has 2 N–H and O–H groups in total. The number of amides is 2. The van der Waals surface area contributed by atoms with E-state index in [1.807, 2.05) is 23.6 Å². The van der Waals surface area contributed by atoms with Crippen LogP contribution in [0.15, 0.2) is 24.3 Å². The van der Waals surface area contributed by atoms with E-state index in [1.165, 1.54) is 11.1 Å². The average molecular weight is 337 g/mol. The van der Waals surface area contributed by atoms with Gasteiger partial charge in [-0.05, 0) is 32.3 Å². The molecule has 2 amide bonds. The van der Waals surface area contributed by atoms with Crippen LogP contribution >= 0.6 is 11.8 Å². The van der Waals surface area contributed by atoms with Gasteiger partial charge in [0.15, 0.2) is 0 Å². The van der Waals surface area contributed by atoms with Crippen LogP contribution in [0.3, 0.4) is 0 Å². The Kier molecular flexibility index (Phi) is 7.24. The van der Waals surface area contributed by atoms with Crippen molar-refractivity contribution in [1.82, 2.24) is 10.2 Å². The molecular weight excluding hydrogens is 308 g/mol. The van der Waals surface area contributed by atoms with E-state index in [4.69, 9.17) is 0 Å². The van der Waals surface area contributed by atoms with E-state index in [2.05, 4.69) is 36.5 Å². The molecule has 2 rings (SSSR count). The molecule has 128 valence electrons. The van der Waals surface area contributed by atoms with Crippen LogP contribution < -0.4 is 5.32 Å². The number of hydrogen-bond donors (Lipinski definition) is 2. The van der Waals surface area contributed by atoms with Crippen LogP contribution in [0.25, 0.3) is 0 Å². The highest BCUT2D eigenvalue weighted by atomic mass is 32.2. The quantitative estimate of drug-likeness (QED) is 0.785. The van der Waals surface area contributed by atoms with Crippen molar-refractivity contribution in [3.05, 3.63) is 35.4 Å². The Bertz CT molecular complexity index is 490. The number of benzene rings is 1. The molecule has 1 aromatic carbocycles. The second-order valence-electron chi connectivity index (χ2n) is 6.36. The van der Waals surface area contributed by atoms with Gasteiger partial charge in [-0.25, -0.2) is 4.79 Å². The van der Waals surface area contributed by atoms with Crippen LogP contribution in [0.5, 0.6) is 0 Å². The number of piperidine rings is 1. The summed E-state index contributed by atoms with van der Waals surface area (Å²) in [5.41, 5.74) is 2.60. The number of urea groups is 1. The normalized spacial score (nSPS) is 19.4. The van der Waals surface area contributed by atoms with Crippen molar-refractivity contribution in [2.75, 3.05) is 25.4 Å². The Balaban J connectivity index is 1.62. The van der Waals surface area contributed by atoms with Crippen molar-refractivity contribution in [3.8, 4) is 0 Å². The summed E-state index contributed by atoms with van der Waals surface area (Å²) in [4.78, 5) is 14.0. The maximum atomic E-state index is 12.2. The van der Waals surface area contributed by atoms with Crippen LogP contribution in [-0.4, -0.2) is 47.5 Å². The molecule has 2 unspecified atom stereocenters. The minimum Gasteiger partial charge on any atom is -0.393 e. The fraction of sp³-hybridized carbons (Fsp3) is 0.611. The number of rotatable bonds is 6. The number of aliphatic hydroxyl groups is 1. The van der Waals surface area contributed by atoms with Gasteiger partial charge in [0.25, 0.3) is 0 Å². The molecule has 1 saturated heterocycles. The van der Waals surface area contributed by atoms with Gasteiger partial charge in [0.1, 0.15) is 0 Å². The molecule has 0 saturated carbocycles. The highest BCUT2D eigenvalue weighted by Crippen LogP contribution is 2.19. The Hall–Kier alpha value is -1.20. The predicted molar refractivity (Wildman–Crippen MR) is 96.7 cm³/mol. The summed E-state index contributed by atoms with van der Waals surface area (Å²) >= 11 is 1.83. The van der Waals surface area contributed by atoms with E-state index in [0.29, 0.717) is 13.1 Å². The van der Waals surface area contributed by atoms with Crippen molar-refractivity contribution in [1.29, 1.82) is 0 Å². The van der Waals surface area contributed by atoms with Gasteiger partial charge in [-0.2, -0.15) is 11.8 Å². The number of hydrogen-bond acceptors (Lipinski definition) is 3. The lowest BCUT2D eigenvalue weighted by Crippen LogP contribution is -2.47. The third-order valence-electron chi connectivity index (χ3n) is 4.34. The molecule has 0 aromatic heterocycles. The number of aliphatic hydroxyl groups excluding tert-OH is 1. The molecule has 1 aliphatic rings. The predicted octanol–water partition coefficient (Wildman–Crippen LogP) is 3.03. The largest absolute Gasteiger partial charge is 0.393 e. The first-order valence-electron chi connectivity index (χ1n) is 8.40. The summed E-state index contributed by atoms with van der Waals surface area (Å²) in [6, 6.07) is 8.58. The molecule has 4 nitrogen and oxygen atoms in total. The molecule has 0 spiro atoms. The average Bonchev–Trinajstić information content (AvgIpc) is 2.56. The first-order chi connectivity index (χ1) is 11.1. The maximum absolute atomic E-state index is 12.2. The highest BCUT2D eigenvalue weighted by Gasteiger charge is 2.26. The number of carbonyl (C=O) groups is 1. The lowest BCUT2D eigenvalue weighted by atomic mass is 9.94. The van der Waals surface area contributed by atoms with E-state index in [-0.39, 0.29) is 18.1 Å². The van der Waals surface area contributed by atoms with Gasteiger partial charge in [-0.15, -0.1) is 0 Å². The second-order valence-corrected chi connectivity index (χ2v) is 7.46. The Morgan fingerprint density at radius 3 is 2.87 bits per heavy atom. The topological polar surface area (TPSA) is 52.6 Å². The molecule has 0 radical (unpaired) electrons. The molecule has 23 heavy (non-hydrogen) atoms. The molecule has 1 heterocycles. The zero-order valence-electron chi connectivity index (χ0n) is 14.1. The second kappa shape index (κ2) is 9.18. The fourth-order valence-electron chi connectivity index (χ4n) is 2.80. The third kappa shape index (κ3) is 6.07. The summed E-state index contributed by atoms with van der Waals surface area (Å²) < 4.78 is 0. The van der Waals surface area contributed by atoms with E-state index < -0.39 is 0 Å². The Morgan fingerprint density at radius 1 is 1.43 bits per heavy atom. The van der Waals surface area contributed by atoms with Crippen LogP contribution in [0, 0.1) is 12.8 Å². The molecule has 5 heteroatoms. The standard InChI is InChI=1S/C18H28N2O2S/c1-14-5-7-16(8-6-14)13-23-11-9-19-18(22)20-10-3-4-17(12-20)15(2)21/h5-8,15,17,21H,3-4,9-13H2,1-2H3,(H,19,22). The minimum absolute atomic E-state index is 0.00582. The fourth-order valence-corrected chi connectivity index (χ4v) is 3.62. The summed E-state index contributed by atoms with van der Waals surface area (Å²) in [6.07, 6.45) is 1.65. The molecule has 0 bridgehead atoms. The minimum atomic E-state index is -0.337. The van der Waals surface area contributed by atoms with Gasteiger partial charge in [0.05, 0.1) is 6.10 Å². The molecule has 1 aliphatic heterocycles. The van der Waals surface area contributed by atoms with E-state index in [1.54, 1.807) is 0 Å². The molecule has 2 atom stereocenters. The van der Waals surface area contributed by atoms with Crippen molar-refractivity contribution in [2.45, 2.75) is 38.5 Å². The summed E-state index contributed by atoms with van der Waals surface area (Å²) in [5, 5.41) is 12.7. The van der Waals surface area contributed by atoms with Gasteiger partial charge in [0, 0.05) is 37.1 Å². The first kappa shape index (κ1) is 18.1. The summed E-state index contributed by atoms with van der Waals surface area (Å²) in [5.74, 6) is 2.10. The van der Waals surface area contributed by atoms with Crippen molar-refractivity contribution in [3.63, 3.8) is 0 Å². The highest BCUT2D eigenvalue weighted by molar-refractivity contribution is 7.98. The van der Waals surface area contributed by atoms with Crippen molar-refractivity contribution in [2.24, 2.45) is 5.92 Å². The first-order valence-corrected chi connectivity index (χ1v) is 9.56. The number of thioether (sulfide) groups is 1. The summed E-state index contributed by atoms with van der Waals surface area (Å²) in [7, 11) is 0. The third-order valence-corrected chi connectivity index (χ3v) is 5.37. The Labute approximate surface area is 143 Å². The maximum Gasteiger partial charge on any atom is 0.317 e. The Morgan fingerprint density at radius 2 is 2.17 bits per heavy atom. The number of nitrogens with zero attached hydrogens (tertiary/aromatic N) is 1. The molecular formula is C18H28N2O2S. The van der Waals surface area contributed by atoms with E-state index >= 15 is 0 Å². The van der Waals surface area contributed by atoms with Crippen molar-refractivity contribution < 1.29 is 9.90 Å². The van der Waals surface area contributed by atoms with Gasteiger partial charge < -0.3 is 15.3 Å². The zero-order chi connectivity index (χ0) is 16.7. The number of aryl methyl sites for hydroxylation is 1. The molecule has 1 fully saturated rings. The molecule has 1 aromatic rings. The van der Waals surface area contributed by atoms with Crippen LogP contribution in [-0.2, 0) is 5.75 Å². The van der Waals surface area contributed by atoms with Gasteiger partial charge >= 0.3 is 6.03 Å².